The minimum Gasteiger partial charge on any atom is -0.507 e. The number of phenolic OH excluding ortho intramolecular Hbond substituents is 1. The first-order valence-corrected chi connectivity index (χ1v) is 15.4. The number of carbonyl (C=O) groups excluding carboxylic acids is 5. The molecule has 264 valence electrons. The number of aliphatic hydroxyl groups is 2. The highest BCUT2D eigenvalue weighted by Gasteiger charge is 2.36. The number of esters is 1. The Bertz CT molecular complexity index is 1250. The van der Waals surface area contributed by atoms with E-state index in [1.807, 2.05) is 39.8 Å². The molecule has 1 aromatic carbocycles. The molecule has 2 rings (SSSR count). The van der Waals surface area contributed by atoms with Crippen LogP contribution in [0.4, 0.5) is 10.5 Å². The Balaban J connectivity index is 0. The predicted molar refractivity (Wildman–Crippen MR) is 175 cm³/mol. The van der Waals surface area contributed by atoms with E-state index in [2.05, 4.69) is 0 Å². The monoisotopic (exact) mass is 656 g/mol. The summed E-state index contributed by atoms with van der Waals surface area (Å²) in [5.41, 5.74) is 1.58. The van der Waals surface area contributed by atoms with Crippen LogP contribution in [-0.2, 0) is 36.8 Å². The van der Waals surface area contributed by atoms with E-state index in [4.69, 9.17) is 9.47 Å². The molecule has 0 radical (unpaired) electrons. The first-order valence-electron chi connectivity index (χ1n) is 15.4. The minimum atomic E-state index is -0.829. The fourth-order valence-electron chi connectivity index (χ4n) is 6.01. The molecule has 0 spiro atoms. The summed E-state index contributed by atoms with van der Waals surface area (Å²) in [4.78, 5) is 65.3. The number of ether oxygens (including phenoxy) is 2. The number of aromatic hydroxyl groups is 1. The van der Waals surface area contributed by atoms with Crippen molar-refractivity contribution in [3.63, 3.8) is 0 Å². The highest BCUT2D eigenvalue weighted by atomic mass is 16.6. The van der Waals surface area contributed by atoms with Gasteiger partial charge in [-0.25, -0.2) is 4.79 Å². The van der Waals surface area contributed by atoms with Gasteiger partial charge in [0.05, 0.1) is 25.1 Å². The van der Waals surface area contributed by atoms with Gasteiger partial charge >= 0.3 is 12.1 Å². The lowest BCUT2D eigenvalue weighted by Crippen LogP contribution is -2.38. The highest BCUT2D eigenvalue weighted by molar-refractivity contribution is 6.03. The lowest BCUT2D eigenvalue weighted by molar-refractivity contribution is -0.142. The number of rotatable bonds is 16. The van der Waals surface area contributed by atoms with Gasteiger partial charge in [-0.15, -0.1) is 0 Å². The molecular formula is C33H56N2O11. The van der Waals surface area contributed by atoms with Gasteiger partial charge in [0.15, 0.2) is 5.78 Å². The molecule has 0 aliphatic heterocycles. The molecule has 3 atom stereocenters. The average Bonchev–Trinajstić information content (AvgIpc) is 2.90. The topological polar surface area (TPSA) is 202 Å². The second-order valence-electron chi connectivity index (χ2n) is 13.4. The molecule has 46 heavy (non-hydrogen) atoms. The summed E-state index contributed by atoms with van der Waals surface area (Å²) in [5, 5.41) is 31.2. The Morgan fingerprint density at radius 3 is 2.22 bits per heavy atom. The van der Waals surface area contributed by atoms with Gasteiger partial charge in [0.25, 0.3) is 0 Å². The second kappa shape index (κ2) is 18.0. The van der Waals surface area contributed by atoms with Crippen LogP contribution in [0.15, 0.2) is 6.07 Å². The maximum Gasteiger partial charge on any atom is 0.410 e. The molecule has 0 bridgehead atoms. The van der Waals surface area contributed by atoms with E-state index in [0.717, 1.165) is 0 Å². The Hall–Kier alpha value is -3.55. The molecule has 0 saturated heterocycles. The van der Waals surface area contributed by atoms with E-state index in [1.165, 1.54) is 18.7 Å². The number of ketones is 3. The van der Waals surface area contributed by atoms with Crippen molar-refractivity contribution in [3.8, 4) is 5.75 Å². The van der Waals surface area contributed by atoms with Crippen molar-refractivity contribution in [1.29, 1.82) is 0 Å². The number of amides is 1. The lowest BCUT2D eigenvalue weighted by Gasteiger charge is -2.34. The van der Waals surface area contributed by atoms with Gasteiger partial charge < -0.3 is 40.1 Å². The third-order valence-corrected chi connectivity index (χ3v) is 7.83. The molecule has 0 fully saturated rings. The number of nitrogens with zero attached hydrogens (tertiary/aromatic N) is 2. The van der Waals surface area contributed by atoms with Crippen LogP contribution in [0.1, 0.15) is 84.6 Å². The first kappa shape index (κ1) is 40.5. The number of Topliss-reactive ketones (excluding diaryl/α,β-unsaturated/α-hetero) is 3. The lowest BCUT2D eigenvalue weighted by atomic mass is 9.73. The molecule has 1 aliphatic carbocycles. The molecule has 0 aromatic heterocycles. The Kier molecular flexibility index (Phi) is 15.8. The van der Waals surface area contributed by atoms with Crippen LogP contribution in [0.25, 0.3) is 0 Å². The molecule has 0 heterocycles. The zero-order valence-electron chi connectivity index (χ0n) is 28.2. The largest absolute Gasteiger partial charge is 0.507 e. The number of anilines is 1. The number of hydrogen-bond donors (Lipinski definition) is 3. The summed E-state index contributed by atoms with van der Waals surface area (Å²) in [7, 11) is 3.63. The number of carbonyl (C=O) groups is 5. The molecule has 1 aromatic rings. The van der Waals surface area contributed by atoms with E-state index in [1.54, 1.807) is 6.07 Å². The van der Waals surface area contributed by atoms with Crippen LogP contribution >= 0.6 is 0 Å². The quantitative estimate of drug-likeness (QED) is 0.134. The van der Waals surface area contributed by atoms with Crippen LogP contribution in [0.5, 0.6) is 5.75 Å². The molecule has 3 unspecified atom stereocenters. The molecule has 1 aliphatic rings. The Morgan fingerprint density at radius 1 is 1.07 bits per heavy atom. The SMILES string of the molecule is CC(=O)CC(=O)C(CO)C(CCO)CC1CC(=O)c2c(O)c(CN(CC(C)(C)C)C(=O)OCCOC(C)=O)cc(N(C)C)c2C1.O.[HH].[HH]. The zero-order valence-corrected chi connectivity index (χ0v) is 28.2. The number of hydrogen-bond acceptors (Lipinski definition) is 11. The van der Waals surface area contributed by atoms with Crippen LogP contribution in [0.3, 0.4) is 0 Å². The fourth-order valence-corrected chi connectivity index (χ4v) is 6.01. The van der Waals surface area contributed by atoms with Crippen LogP contribution in [0.2, 0.25) is 0 Å². The van der Waals surface area contributed by atoms with E-state index >= 15 is 0 Å². The number of benzene rings is 1. The van der Waals surface area contributed by atoms with Crippen molar-refractivity contribution in [1.82, 2.24) is 4.90 Å². The summed E-state index contributed by atoms with van der Waals surface area (Å²) in [6.07, 6.45) is 0.147. The van der Waals surface area contributed by atoms with Gasteiger partial charge in [-0.2, -0.15) is 0 Å². The third kappa shape index (κ3) is 11.7. The zero-order chi connectivity index (χ0) is 34.1. The van der Waals surface area contributed by atoms with Crippen molar-refractivity contribution in [2.45, 2.75) is 73.3 Å². The number of fused-ring (bicyclic) bond motifs is 1. The van der Waals surface area contributed by atoms with E-state index in [-0.39, 0.29) is 100 Å². The average molecular weight is 657 g/mol. The molecule has 5 N–H and O–H groups in total. The van der Waals surface area contributed by atoms with E-state index < -0.39 is 30.5 Å². The standard InChI is InChI=1S/C33H50N2O10.H2O.2H2/c1-20(38)12-28(40)26(18-37)23(8-9-36)13-22-14-25-27(34(6)7)16-24(31(42)30(25)29(41)15-22)17-35(19-33(3,4)5)32(43)45-11-10-44-21(2)39;;;/h16,22-23,26,36-37,42H,8-15,17-19H2,1-7H3;1H2;2*1H. The second-order valence-corrected chi connectivity index (χ2v) is 13.4. The van der Waals surface area contributed by atoms with Crippen molar-refractivity contribution in [2.75, 3.05) is 52.0 Å². The predicted octanol–water partition coefficient (Wildman–Crippen LogP) is 2.96. The van der Waals surface area contributed by atoms with E-state index in [9.17, 15) is 39.3 Å². The third-order valence-electron chi connectivity index (χ3n) is 7.83. The maximum atomic E-state index is 13.6. The molecule has 13 nitrogen and oxygen atoms in total. The smallest absolute Gasteiger partial charge is 0.410 e. The maximum absolute atomic E-state index is 13.6. The number of phenols is 1. The van der Waals surface area contributed by atoms with Gasteiger partial charge in [-0.05, 0) is 55.1 Å². The molecule has 13 heteroatoms. The van der Waals surface area contributed by atoms with Crippen LogP contribution < -0.4 is 4.90 Å². The van der Waals surface area contributed by atoms with Gasteiger partial charge in [-0.1, -0.05) is 20.8 Å². The normalized spacial score (nSPS) is 15.6. The summed E-state index contributed by atoms with van der Waals surface area (Å²) in [5.74, 6) is -3.15. The summed E-state index contributed by atoms with van der Waals surface area (Å²) >= 11 is 0. The van der Waals surface area contributed by atoms with Crippen molar-refractivity contribution < 1.29 is 57.1 Å². The Labute approximate surface area is 274 Å². The van der Waals surface area contributed by atoms with Crippen LogP contribution in [0, 0.1) is 23.2 Å². The Morgan fingerprint density at radius 2 is 1.70 bits per heavy atom. The summed E-state index contributed by atoms with van der Waals surface area (Å²) < 4.78 is 10.2. The molecule has 1 amide bonds. The summed E-state index contributed by atoms with van der Waals surface area (Å²) in [6, 6.07) is 1.75. The van der Waals surface area contributed by atoms with E-state index in [0.29, 0.717) is 29.7 Å². The van der Waals surface area contributed by atoms with Gasteiger partial charge in [-0.3, -0.25) is 19.2 Å². The van der Waals surface area contributed by atoms with Crippen molar-refractivity contribution in [3.05, 3.63) is 22.8 Å². The van der Waals surface area contributed by atoms with Gasteiger partial charge in [0.1, 0.15) is 30.5 Å². The molecule has 0 saturated carbocycles. The van der Waals surface area contributed by atoms with Crippen molar-refractivity contribution >= 4 is 35.1 Å². The van der Waals surface area contributed by atoms with Gasteiger partial charge in [0.2, 0.25) is 0 Å². The summed E-state index contributed by atoms with van der Waals surface area (Å²) in [6.45, 7) is 7.78. The molecular weight excluding hydrogens is 600 g/mol. The van der Waals surface area contributed by atoms with Crippen molar-refractivity contribution in [2.24, 2.45) is 23.2 Å². The fraction of sp³-hybridized carbons (Fsp3) is 0.667. The highest BCUT2D eigenvalue weighted by Crippen LogP contribution is 2.43. The number of aliphatic hydroxyl groups excluding tert-OH is 2. The van der Waals surface area contributed by atoms with Gasteiger partial charge in [0, 0.05) is 60.6 Å². The minimum absolute atomic E-state index is 0. The van der Waals surface area contributed by atoms with Crippen LogP contribution in [-0.4, -0.2) is 102 Å². The first-order chi connectivity index (χ1) is 21.0.